The number of rotatable bonds is 13. The first-order valence-corrected chi connectivity index (χ1v) is 19.3. The summed E-state index contributed by atoms with van der Waals surface area (Å²) in [6.45, 7) is 7.86. The molecule has 308 valence electrons. The van der Waals surface area contributed by atoms with E-state index >= 15 is 0 Å². The Morgan fingerprint density at radius 1 is 0.667 bits per heavy atom. The normalized spacial score (nSPS) is 13.2. The summed E-state index contributed by atoms with van der Waals surface area (Å²) in [5, 5.41) is 38.2. The summed E-state index contributed by atoms with van der Waals surface area (Å²) in [5.41, 5.74) is 2.61. The number of benzene rings is 5. The van der Waals surface area contributed by atoms with Gasteiger partial charge in [-0.1, -0.05) is 39.8 Å². The van der Waals surface area contributed by atoms with Crippen LogP contribution < -0.4 is 25.4 Å². The Labute approximate surface area is 345 Å². The number of carboxylic acids is 1. The van der Waals surface area contributed by atoms with Gasteiger partial charge in [0.05, 0.1) is 42.3 Å². The van der Waals surface area contributed by atoms with Crippen molar-refractivity contribution in [2.75, 3.05) is 30.4 Å². The van der Waals surface area contributed by atoms with Crippen LogP contribution in [-0.4, -0.2) is 64.7 Å². The van der Waals surface area contributed by atoms with E-state index in [2.05, 4.69) is 16.0 Å². The summed E-state index contributed by atoms with van der Waals surface area (Å²) < 4.78 is 18.0. The topological polar surface area (TPSA) is 210 Å². The smallest absolute Gasteiger partial charge is 0.340 e. The third-order valence-corrected chi connectivity index (χ3v) is 9.99. The number of carbonyl (C=O) groups excluding carboxylic acids is 4. The lowest BCUT2D eigenvalue weighted by atomic mass is 9.71. The van der Waals surface area contributed by atoms with E-state index in [0.717, 1.165) is 0 Å². The highest BCUT2D eigenvalue weighted by molar-refractivity contribution is 6.07. The molecule has 1 aliphatic carbocycles. The fourth-order valence-corrected chi connectivity index (χ4v) is 7.22. The average molecular weight is 814 g/mol. The summed E-state index contributed by atoms with van der Waals surface area (Å²) >= 11 is 0. The highest BCUT2D eigenvalue weighted by atomic mass is 16.6. The number of amides is 3. The van der Waals surface area contributed by atoms with Gasteiger partial charge in [0, 0.05) is 27.8 Å². The zero-order valence-corrected chi connectivity index (χ0v) is 33.3. The summed E-state index contributed by atoms with van der Waals surface area (Å²) in [4.78, 5) is 65.4. The number of hydrogen-bond donors (Lipinski definition) is 6. The van der Waals surface area contributed by atoms with Crippen molar-refractivity contribution in [3.63, 3.8) is 0 Å². The first-order chi connectivity index (χ1) is 28.6. The van der Waals surface area contributed by atoms with Crippen LogP contribution in [0.4, 0.5) is 11.4 Å². The number of hydrogen-bond acceptors (Lipinski definition) is 10. The number of nitrogens with one attached hydrogen (secondary N) is 3. The van der Waals surface area contributed by atoms with Crippen LogP contribution >= 0.6 is 0 Å². The van der Waals surface area contributed by atoms with E-state index in [1.165, 1.54) is 60.7 Å². The molecule has 1 spiro atoms. The molecule has 5 aromatic rings. The number of carboxylic acid groups (broad SMARTS) is 1. The number of aromatic carboxylic acids is 1. The highest BCUT2D eigenvalue weighted by Gasteiger charge is 2.52. The van der Waals surface area contributed by atoms with Crippen LogP contribution in [0, 0.1) is 11.8 Å². The third kappa shape index (κ3) is 8.17. The van der Waals surface area contributed by atoms with E-state index in [1.54, 1.807) is 30.3 Å². The van der Waals surface area contributed by atoms with Crippen LogP contribution in [0.2, 0.25) is 0 Å². The highest BCUT2D eigenvalue weighted by Crippen LogP contribution is 2.53. The lowest BCUT2D eigenvalue weighted by Crippen LogP contribution is -2.35. The molecule has 0 fully saturated rings. The number of anilines is 2. The number of aromatic hydroxyl groups is 2. The lowest BCUT2D eigenvalue weighted by molar-refractivity contribution is -0.115. The molecule has 0 saturated heterocycles. The molecule has 2 aliphatic rings. The van der Waals surface area contributed by atoms with Gasteiger partial charge in [-0.15, -0.1) is 0 Å². The summed E-state index contributed by atoms with van der Waals surface area (Å²) in [6, 6.07) is 22.7. The van der Waals surface area contributed by atoms with E-state index in [4.69, 9.17) is 14.2 Å². The Balaban J connectivity index is 1.09. The van der Waals surface area contributed by atoms with Crippen molar-refractivity contribution in [2.45, 2.75) is 39.7 Å². The maximum absolute atomic E-state index is 13.6. The molecule has 0 atom stereocenters. The van der Waals surface area contributed by atoms with Crippen LogP contribution in [-0.2, 0) is 21.6 Å². The fourth-order valence-electron chi connectivity index (χ4n) is 7.22. The molecule has 0 aromatic heterocycles. The Hall–Kier alpha value is -7.35. The molecule has 60 heavy (non-hydrogen) atoms. The number of phenols is 2. The molecule has 0 bridgehead atoms. The molecular weight excluding hydrogens is 771 g/mol. The van der Waals surface area contributed by atoms with Crippen LogP contribution in [0.3, 0.4) is 0 Å². The molecule has 6 N–H and O–H groups in total. The van der Waals surface area contributed by atoms with Gasteiger partial charge in [-0.2, -0.15) is 0 Å². The fraction of sp³-hybridized carbons (Fsp3) is 0.239. The maximum Gasteiger partial charge on any atom is 0.340 e. The van der Waals surface area contributed by atoms with Gasteiger partial charge in [-0.3, -0.25) is 14.4 Å². The van der Waals surface area contributed by atoms with Crippen molar-refractivity contribution in [3.8, 4) is 23.0 Å². The average Bonchev–Trinajstić information content (AvgIpc) is 3.49. The molecule has 14 heteroatoms. The van der Waals surface area contributed by atoms with Crippen molar-refractivity contribution in [1.29, 1.82) is 0 Å². The van der Waals surface area contributed by atoms with Gasteiger partial charge in [0.25, 0.3) is 11.8 Å². The van der Waals surface area contributed by atoms with E-state index in [-0.39, 0.29) is 75.1 Å². The first-order valence-electron chi connectivity index (χ1n) is 19.3. The van der Waals surface area contributed by atoms with E-state index in [1.807, 2.05) is 27.7 Å². The minimum atomic E-state index is -1.46. The Bertz CT molecular complexity index is 2510. The van der Waals surface area contributed by atoms with E-state index in [9.17, 15) is 39.3 Å². The second kappa shape index (κ2) is 16.5. The summed E-state index contributed by atoms with van der Waals surface area (Å²) in [7, 11) is 0. The van der Waals surface area contributed by atoms with Crippen molar-refractivity contribution >= 4 is 41.0 Å². The van der Waals surface area contributed by atoms with Gasteiger partial charge in [-0.05, 0) is 108 Å². The number of ether oxygens (including phenoxy) is 3. The molecule has 1 heterocycles. The molecule has 0 unspecified atom stereocenters. The summed E-state index contributed by atoms with van der Waals surface area (Å²) in [6.07, 6.45) is 0.358. The Kier molecular flexibility index (Phi) is 11.2. The largest absolute Gasteiger partial charge is 0.508 e. The molecule has 5 aromatic carbocycles. The quantitative estimate of drug-likeness (QED) is 0.0677. The zero-order valence-electron chi connectivity index (χ0n) is 33.3. The minimum absolute atomic E-state index is 0.000960. The molecule has 3 amide bonds. The Morgan fingerprint density at radius 2 is 1.20 bits per heavy atom. The predicted molar refractivity (Wildman–Crippen MR) is 220 cm³/mol. The first kappa shape index (κ1) is 40.8. The van der Waals surface area contributed by atoms with Gasteiger partial charge in [0.2, 0.25) is 5.91 Å². The van der Waals surface area contributed by atoms with Crippen molar-refractivity contribution < 1.29 is 53.5 Å². The molecular formula is C46H43N3O11. The van der Waals surface area contributed by atoms with E-state index in [0.29, 0.717) is 40.8 Å². The van der Waals surface area contributed by atoms with Crippen LogP contribution in [0.15, 0.2) is 91.0 Å². The molecule has 14 nitrogen and oxygen atoms in total. The van der Waals surface area contributed by atoms with Crippen molar-refractivity contribution in [2.24, 2.45) is 11.8 Å². The van der Waals surface area contributed by atoms with Crippen molar-refractivity contribution in [1.82, 2.24) is 5.32 Å². The van der Waals surface area contributed by atoms with Gasteiger partial charge < -0.3 is 45.5 Å². The Morgan fingerprint density at radius 3 is 1.78 bits per heavy atom. The number of fused-ring (bicyclic) bond motifs is 6. The minimum Gasteiger partial charge on any atom is -0.508 e. The predicted octanol–water partition coefficient (Wildman–Crippen LogP) is 6.85. The summed E-state index contributed by atoms with van der Waals surface area (Å²) in [5.74, 6) is -2.79. The van der Waals surface area contributed by atoms with Gasteiger partial charge >= 0.3 is 11.9 Å². The lowest BCUT2D eigenvalue weighted by Gasteiger charge is -2.37. The SMILES string of the molecule is CC(C)COc1cc(C(=O)Nc2ccc(C(=O)O)cc2OCC(C)C)ccc1NC(=O)CNC(=O)c1ccc2c(c1)C1(OC2=O)c2ccc(O)cc2Cc2cc(O)ccc21. The number of esters is 1. The zero-order chi connectivity index (χ0) is 42.9. The second-order valence-electron chi connectivity index (χ2n) is 15.5. The van der Waals surface area contributed by atoms with Gasteiger partial charge in [0.1, 0.15) is 23.0 Å². The number of phenolic OH excluding ortho intramolecular Hbond substituents is 2. The molecule has 7 rings (SSSR count). The molecule has 0 saturated carbocycles. The van der Waals surface area contributed by atoms with Crippen LogP contribution in [0.1, 0.15) is 96.9 Å². The molecule has 0 radical (unpaired) electrons. The number of carbonyl (C=O) groups is 5. The molecule has 1 aliphatic heterocycles. The second-order valence-corrected chi connectivity index (χ2v) is 15.5. The standard InChI is InChI=1S/C46H43N3O11/c1-24(2)22-58-39-19-27(43(54)49-38-14-7-28(44(55)56)20-40(38)59-23-25(3)4)6-13-37(39)48-41(52)21-47-42(53)26-5-10-33-36(18-26)46(60-45(33)57)34-11-8-31(50)16-29(34)15-30-17-32(51)9-12-35(30)46/h5-14,16-20,24-25,50-51H,15,21-23H2,1-4H3,(H,47,53)(H,48,52)(H,49,54)(H,55,56). The van der Waals surface area contributed by atoms with Crippen molar-refractivity contribution in [3.05, 3.63) is 141 Å². The van der Waals surface area contributed by atoms with Gasteiger partial charge in [0.15, 0.2) is 5.60 Å². The monoisotopic (exact) mass is 813 g/mol. The van der Waals surface area contributed by atoms with E-state index < -0.39 is 41.8 Å². The van der Waals surface area contributed by atoms with Gasteiger partial charge in [-0.25, -0.2) is 9.59 Å². The maximum atomic E-state index is 13.6. The third-order valence-electron chi connectivity index (χ3n) is 9.99. The van der Waals surface area contributed by atoms with Crippen LogP contribution in [0.5, 0.6) is 23.0 Å². The van der Waals surface area contributed by atoms with Crippen LogP contribution in [0.25, 0.3) is 0 Å².